The molecular weight excluding hydrogens is 410 g/mol. The van der Waals surface area contributed by atoms with Gasteiger partial charge >= 0.3 is 5.97 Å². The Morgan fingerprint density at radius 1 is 0.970 bits per heavy atom. The summed E-state index contributed by atoms with van der Waals surface area (Å²) in [5, 5.41) is 4.66. The molecule has 170 valence electrons. The molecule has 0 bridgehead atoms. The maximum absolute atomic E-state index is 13.2. The van der Waals surface area contributed by atoms with E-state index in [1.807, 2.05) is 56.4 Å². The fourth-order valence-corrected chi connectivity index (χ4v) is 4.22. The number of hydrogen-bond donors (Lipinski definition) is 0. The van der Waals surface area contributed by atoms with Crippen LogP contribution >= 0.6 is 0 Å². The third-order valence-electron chi connectivity index (χ3n) is 6.15. The van der Waals surface area contributed by atoms with Gasteiger partial charge in [0, 0.05) is 11.8 Å². The van der Waals surface area contributed by atoms with Crippen molar-refractivity contribution in [3.05, 3.63) is 89.9 Å². The Balaban J connectivity index is 1.81. The molecule has 0 amide bonds. The van der Waals surface area contributed by atoms with Crippen LogP contribution in [0.15, 0.2) is 73.1 Å². The molecule has 1 unspecified atom stereocenters. The molecule has 4 rings (SSSR count). The maximum Gasteiger partial charge on any atom is 0.318 e. The highest BCUT2D eigenvalue weighted by atomic mass is 16.5. The van der Waals surface area contributed by atoms with Crippen molar-refractivity contribution in [1.82, 2.24) is 14.6 Å². The predicted octanol–water partition coefficient (Wildman–Crippen LogP) is 5.76. The van der Waals surface area contributed by atoms with Gasteiger partial charge in [-0.1, -0.05) is 75.4 Å². The van der Waals surface area contributed by atoms with Crippen LogP contribution in [0, 0.1) is 0 Å². The second-order valence-electron chi connectivity index (χ2n) is 9.67. The Bertz CT molecular complexity index is 1250. The van der Waals surface area contributed by atoms with Crippen molar-refractivity contribution in [2.24, 2.45) is 0 Å². The Morgan fingerprint density at radius 2 is 1.67 bits per heavy atom. The lowest BCUT2D eigenvalue weighted by molar-refractivity contribution is -0.149. The summed E-state index contributed by atoms with van der Waals surface area (Å²) in [6, 6.07) is 20.4. The summed E-state index contributed by atoms with van der Waals surface area (Å²) in [6.45, 7) is 10.7. The Kier molecular flexibility index (Phi) is 6.07. The summed E-state index contributed by atoms with van der Waals surface area (Å²) in [4.78, 5) is 17.9. The molecule has 2 heterocycles. The molecule has 5 heteroatoms. The molecule has 33 heavy (non-hydrogen) atoms. The predicted molar refractivity (Wildman–Crippen MR) is 131 cm³/mol. The number of aromatic nitrogens is 3. The van der Waals surface area contributed by atoms with E-state index in [-0.39, 0.29) is 11.4 Å². The lowest BCUT2D eigenvalue weighted by atomic mass is 9.80. The van der Waals surface area contributed by atoms with Crippen molar-refractivity contribution >= 4 is 11.6 Å². The number of nitrogens with zero attached hydrogens (tertiary/aromatic N) is 3. The van der Waals surface area contributed by atoms with Crippen molar-refractivity contribution in [2.75, 3.05) is 6.61 Å². The van der Waals surface area contributed by atoms with Crippen LogP contribution < -0.4 is 0 Å². The molecule has 0 aliphatic heterocycles. The van der Waals surface area contributed by atoms with Gasteiger partial charge in [-0.15, -0.1) is 0 Å². The van der Waals surface area contributed by atoms with E-state index < -0.39 is 5.41 Å². The van der Waals surface area contributed by atoms with Gasteiger partial charge in [0.15, 0.2) is 5.65 Å². The molecule has 0 saturated heterocycles. The molecule has 2 aromatic carbocycles. The first-order valence-corrected chi connectivity index (χ1v) is 11.4. The average Bonchev–Trinajstić information content (AvgIpc) is 3.23. The molecule has 0 N–H and O–H groups in total. The van der Waals surface area contributed by atoms with Gasteiger partial charge in [0.2, 0.25) is 0 Å². The highest BCUT2D eigenvalue weighted by Crippen LogP contribution is 2.33. The van der Waals surface area contributed by atoms with Gasteiger partial charge in [0.1, 0.15) is 5.41 Å². The highest BCUT2D eigenvalue weighted by Gasteiger charge is 2.39. The number of rotatable bonds is 6. The van der Waals surface area contributed by atoms with Crippen molar-refractivity contribution in [1.29, 1.82) is 0 Å². The average molecular weight is 442 g/mol. The van der Waals surface area contributed by atoms with Crippen molar-refractivity contribution < 1.29 is 9.53 Å². The molecule has 0 aliphatic carbocycles. The second-order valence-corrected chi connectivity index (χ2v) is 9.67. The minimum Gasteiger partial charge on any atom is -0.465 e. The Labute approximate surface area is 195 Å². The molecule has 5 nitrogen and oxygen atoms in total. The fourth-order valence-electron chi connectivity index (χ4n) is 4.22. The number of ether oxygens (including phenoxy) is 1. The van der Waals surface area contributed by atoms with E-state index in [0.29, 0.717) is 13.0 Å². The van der Waals surface area contributed by atoms with Crippen LogP contribution in [0.3, 0.4) is 0 Å². The third-order valence-corrected chi connectivity index (χ3v) is 6.15. The molecule has 1 atom stereocenters. The smallest absolute Gasteiger partial charge is 0.318 e. The van der Waals surface area contributed by atoms with Crippen LogP contribution in [0.4, 0.5) is 0 Å². The van der Waals surface area contributed by atoms with E-state index in [9.17, 15) is 4.79 Å². The first-order chi connectivity index (χ1) is 15.7. The molecule has 0 spiro atoms. The zero-order valence-corrected chi connectivity index (χ0v) is 20.0. The van der Waals surface area contributed by atoms with Gasteiger partial charge in [-0.05, 0) is 48.4 Å². The monoisotopic (exact) mass is 441 g/mol. The van der Waals surface area contributed by atoms with E-state index in [0.717, 1.165) is 28.0 Å². The van der Waals surface area contributed by atoms with Gasteiger partial charge in [-0.25, -0.2) is 9.50 Å². The van der Waals surface area contributed by atoms with Gasteiger partial charge in [-0.3, -0.25) is 4.79 Å². The third kappa shape index (κ3) is 4.40. The number of esters is 1. The van der Waals surface area contributed by atoms with Gasteiger partial charge in [-0.2, -0.15) is 5.10 Å². The number of hydrogen-bond acceptors (Lipinski definition) is 4. The second kappa shape index (κ2) is 8.81. The minimum atomic E-state index is -0.919. The zero-order chi connectivity index (χ0) is 23.6. The minimum absolute atomic E-state index is 0.0872. The molecular formula is C28H31N3O2. The number of benzene rings is 2. The van der Waals surface area contributed by atoms with Crippen LogP contribution in [0.5, 0.6) is 0 Å². The SMILES string of the molecule is CCOC(=O)C(C)(Cc1ccccc1)c1ccnc2c(-c3ccc(C(C)(C)C)cc3)cnn12. The lowest BCUT2D eigenvalue weighted by Gasteiger charge is -2.28. The summed E-state index contributed by atoms with van der Waals surface area (Å²) < 4.78 is 7.30. The van der Waals surface area contributed by atoms with Crippen LogP contribution in [-0.2, 0) is 26.8 Å². The summed E-state index contributed by atoms with van der Waals surface area (Å²) in [7, 11) is 0. The first kappa shape index (κ1) is 22.7. The Hall–Kier alpha value is -3.47. The quantitative estimate of drug-likeness (QED) is 0.357. The maximum atomic E-state index is 13.2. The van der Waals surface area contributed by atoms with Crippen LogP contribution in [0.2, 0.25) is 0 Å². The fraction of sp³-hybridized carbons (Fsp3) is 0.321. The molecule has 0 aliphatic rings. The standard InChI is InChI=1S/C28H31N3O2/c1-6-33-26(32)28(5,18-20-10-8-7-9-11-20)24-16-17-29-25-23(19-30-31(24)25)21-12-14-22(15-13-21)27(2,3)4/h7-17,19H,6,18H2,1-5H3. The largest absolute Gasteiger partial charge is 0.465 e. The Morgan fingerprint density at radius 3 is 2.30 bits per heavy atom. The topological polar surface area (TPSA) is 56.5 Å². The van der Waals surface area contributed by atoms with E-state index in [1.54, 1.807) is 10.7 Å². The van der Waals surface area contributed by atoms with E-state index >= 15 is 0 Å². The first-order valence-electron chi connectivity index (χ1n) is 11.4. The summed E-state index contributed by atoms with van der Waals surface area (Å²) >= 11 is 0. The van der Waals surface area contributed by atoms with E-state index in [4.69, 9.17) is 4.74 Å². The van der Waals surface area contributed by atoms with Crippen LogP contribution in [0.25, 0.3) is 16.8 Å². The molecule has 0 fully saturated rings. The number of carbonyl (C=O) groups is 1. The molecule has 4 aromatic rings. The van der Waals surface area contributed by atoms with Crippen molar-refractivity contribution in [3.8, 4) is 11.1 Å². The molecule has 0 radical (unpaired) electrons. The van der Waals surface area contributed by atoms with Gasteiger partial charge in [0.25, 0.3) is 0 Å². The van der Waals surface area contributed by atoms with Crippen LogP contribution in [0.1, 0.15) is 51.4 Å². The van der Waals surface area contributed by atoms with E-state index in [1.165, 1.54) is 5.56 Å². The van der Waals surface area contributed by atoms with Crippen LogP contribution in [-0.4, -0.2) is 27.2 Å². The zero-order valence-electron chi connectivity index (χ0n) is 20.0. The lowest BCUT2D eigenvalue weighted by Crippen LogP contribution is -2.38. The van der Waals surface area contributed by atoms with Crippen molar-refractivity contribution in [3.63, 3.8) is 0 Å². The van der Waals surface area contributed by atoms with Crippen molar-refractivity contribution in [2.45, 2.75) is 51.9 Å². The van der Waals surface area contributed by atoms with Gasteiger partial charge in [0.05, 0.1) is 18.5 Å². The molecule has 2 aromatic heterocycles. The molecule has 0 saturated carbocycles. The normalized spacial score (nSPS) is 13.6. The van der Waals surface area contributed by atoms with E-state index in [2.05, 4.69) is 55.1 Å². The number of fused-ring (bicyclic) bond motifs is 1. The number of carbonyl (C=O) groups excluding carboxylic acids is 1. The summed E-state index contributed by atoms with van der Waals surface area (Å²) in [5.41, 5.74) is 4.96. The van der Waals surface area contributed by atoms with Gasteiger partial charge < -0.3 is 4.74 Å². The summed E-state index contributed by atoms with van der Waals surface area (Å²) in [6.07, 6.45) is 4.08. The summed E-state index contributed by atoms with van der Waals surface area (Å²) in [5.74, 6) is -0.270. The highest BCUT2D eigenvalue weighted by molar-refractivity contribution is 5.84.